The second-order valence-electron chi connectivity index (χ2n) is 5.88. The molecule has 0 amide bonds. The molecule has 1 aliphatic heterocycles. The van der Waals surface area contributed by atoms with Crippen LogP contribution in [0.25, 0.3) is 0 Å². The van der Waals surface area contributed by atoms with Crippen LogP contribution in [0.2, 0.25) is 0 Å². The summed E-state index contributed by atoms with van der Waals surface area (Å²) in [4.78, 5) is 12.7. The molecule has 25 heavy (non-hydrogen) atoms. The van der Waals surface area contributed by atoms with Crippen LogP contribution in [-0.2, 0) is 9.53 Å². The van der Waals surface area contributed by atoms with E-state index in [-0.39, 0.29) is 0 Å². The normalized spacial score (nSPS) is 16.4. The van der Waals surface area contributed by atoms with Crippen molar-refractivity contribution in [1.29, 1.82) is 0 Å². The number of nitrogens with zero attached hydrogens (tertiary/aromatic N) is 4. The lowest BCUT2D eigenvalue weighted by Crippen LogP contribution is -2.30. The maximum Gasteiger partial charge on any atom is 0.338 e. The molecule has 0 bridgehead atoms. The molecule has 8 heteroatoms. The first-order valence-corrected chi connectivity index (χ1v) is 8.30. The molecule has 7 nitrogen and oxygen atoms in total. The summed E-state index contributed by atoms with van der Waals surface area (Å²) in [6.07, 6.45) is 2.81. The van der Waals surface area contributed by atoms with Crippen molar-refractivity contribution >= 4 is 11.9 Å². The molecule has 0 unspecified atom stereocenters. The molecule has 0 fully saturated rings. The Morgan fingerprint density at radius 2 is 2.16 bits per heavy atom. The summed E-state index contributed by atoms with van der Waals surface area (Å²) in [5.74, 6) is -0.566. The highest BCUT2D eigenvalue weighted by Gasteiger charge is 2.36. The highest BCUT2D eigenvalue weighted by Crippen LogP contribution is 2.35. The fraction of sp³-hybridized carbons (Fsp3) is 0.412. The Bertz CT molecular complexity index is 802. The molecule has 2 aromatic rings. The number of unbranched alkanes of at least 4 members (excludes halogenated alkanes) is 2. The van der Waals surface area contributed by atoms with E-state index in [1.165, 1.54) is 10.7 Å². The lowest BCUT2D eigenvalue weighted by Gasteiger charge is -2.27. The molecule has 0 saturated carbocycles. The molecule has 0 saturated heterocycles. The number of hydrogen-bond acceptors (Lipinski definition) is 6. The van der Waals surface area contributed by atoms with Gasteiger partial charge in [0.2, 0.25) is 5.95 Å². The van der Waals surface area contributed by atoms with Gasteiger partial charge in [-0.25, -0.2) is 9.18 Å². The summed E-state index contributed by atoms with van der Waals surface area (Å²) < 4.78 is 21.2. The number of benzene rings is 1. The van der Waals surface area contributed by atoms with Crippen LogP contribution < -0.4 is 5.32 Å². The van der Waals surface area contributed by atoms with Crippen molar-refractivity contribution < 1.29 is 13.9 Å². The van der Waals surface area contributed by atoms with Crippen LogP contribution in [0.1, 0.15) is 44.7 Å². The Balaban J connectivity index is 1.96. The number of carbonyl (C=O) groups excluding carboxylic acids is 1. The van der Waals surface area contributed by atoms with Gasteiger partial charge in [-0.1, -0.05) is 43.1 Å². The monoisotopic (exact) mass is 345 g/mol. The van der Waals surface area contributed by atoms with Gasteiger partial charge in [0.15, 0.2) is 0 Å². The van der Waals surface area contributed by atoms with E-state index in [1.54, 1.807) is 25.1 Å². The van der Waals surface area contributed by atoms with E-state index in [1.807, 2.05) is 0 Å². The minimum absolute atomic E-state index is 0.307. The number of nitrogens with one attached hydrogen (secondary N) is 1. The van der Waals surface area contributed by atoms with Gasteiger partial charge in [-0.2, -0.15) is 4.68 Å². The summed E-state index contributed by atoms with van der Waals surface area (Å²) in [6, 6.07) is 5.50. The van der Waals surface area contributed by atoms with Crippen molar-refractivity contribution in [2.45, 2.75) is 39.2 Å². The van der Waals surface area contributed by atoms with E-state index in [4.69, 9.17) is 4.74 Å². The third-order valence-corrected chi connectivity index (χ3v) is 4.11. The van der Waals surface area contributed by atoms with Crippen molar-refractivity contribution in [2.24, 2.45) is 0 Å². The molecule has 3 rings (SSSR count). The molecule has 1 atom stereocenters. The average Bonchev–Trinajstić information content (AvgIpc) is 3.06. The second kappa shape index (κ2) is 7.42. The van der Waals surface area contributed by atoms with Gasteiger partial charge in [-0.05, 0) is 29.8 Å². The van der Waals surface area contributed by atoms with Crippen LogP contribution in [0.5, 0.6) is 0 Å². The fourth-order valence-corrected chi connectivity index (χ4v) is 2.86. The summed E-state index contributed by atoms with van der Waals surface area (Å²) in [5, 5.41) is 14.4. The average molecular weight is 345 g/mol. The first kappa shape index (κ1) is 17.1. The van der Waals surface area contributed by atoms with Crippen molar-refractivity contribution in [3.05, 3.63) is 46.9 Å². The number of hydrogen-bond donors (Lipinski definition) is 1. The third kappa shape index (κ3) is 3.38. The minimum Gasteiger partial charge on any atom is -0.462 e. The smallest absolute Gasteiger partial charge is 0.338 e. The molecular weight excluding hydrogens is 325 g/mol. The largest absolute Gasteiger partial charge is 0.462 e. The summed E-state index contributed by atoms with van der Waals surface area (Å²) >= 11 is 0. The molecule has 132 valence electrons. The standard InChI is InChI=1S/C17H20FN5O2/c1-3-4-7-10-25-16(24)14-11(2)19-17-20-21-22-23(17)15(14)12-8-5-6-9-13(12)18/h5-6,8-9,15H,3-4,7,10H2,1-2H3,(H,19,20,22)/t15-/m1/s1. The van der Waals surface area contributed by atoms with E-state index >= 15 is 0 Å². The molecule has 0 aliphatic carbocycles. The number of aromatic nitrogens is 4. The molecule has 1 aliphatic rings. The first-order valence-electron chi connectivity index (χ1n) is 8.30. The van der Waals surface area contributed by atoms with Crippen LogP contribution in [0.3, 0.4) is 0 Å². The lowest BCUT2D eigenvalue weighted by molar-refractivity contribution is -0.139. The number of halogens is 1. The Morgan fingerprint density at radius 1 is 1.36 bits per heavy atom. The molecule has 1 aromatic heterocycles. The van der Waals surface area contributed by atoms with Gasteiger partial charge in [0, 0.05) is 11.3 Å². The zero-order valence-electron chi connectivity index (χ0n) is 14.2. The van der Waals surface area contributed by atoms with Crippen LogP contribution in [0, 0.1) is 5.82 Å². The van der Waals surface area contributed by atoms with Gasteiger partial charge in [-0.3, -0.25) is 0 Å². The predicted octanol–water partition coefficient (Wildman–Crippen LogP) is 2.83. The minimum atomic E-state index is -0.772. The topological polar surface area (TPSA) is 81.9 Å². The zero-order valence-corrected chi connectivity index (χ0v) is 14.2. The van der Waals surface area contributed by atoms with Gasteiger partial charge in [0.25, 0.3) is 0 Å². The van der Waals surface area contributed by atoms with Crippen molar-refractivity contribution in [3.63, 3.8) is 0 Å². The Morgan fingerprint density at radius 3 is 2.92 bits per heavy atom. The van der Waals surface area contributed by atoms with Crippen LogP contribution >= 0.6 is 0 Å². The number of anilines is 1. The predicted molar refractivity (Wildman–Crippen MR) is 89.2 cm³/mol. The van der Waals surface area contributed by atoms with E-state index in [9.17, 15) is 9.18 Å². The molecular formula is C17H20FN5O2. The first-order chi connectivity index (χ1) is 12.1. The molecule has 1 aromatic carbocycles. The maximum atomic E-state index is 14.4. The summed E-state index contributed by atoms with van der Waals surface area (Å²) in [6.45, 7) is 4.14. The highest BCUT2D eigenvalue weighted by atomic mass is 19.1. The van der Waals surface area contributed by atoms with Crippen LogP contribution in [0.4, 0.5) is 10.3 Å². The summed E-state index contributed by atoms with van der Waals surface area (Å²) in [5.41, 5.74) is 1.18. The van der Waals surface area contributed by atoms with Crippen molar-refractivity contribution in [2.75, 3.05) is 11.9 Å². The van der Waals surface area contributed by atoms with E-state index in [0.29, 0.717) is 29.4 Å². The number of ether oxygens (including phenoxy) is 1. The van der Waals surface area contributed by atoms with Gasteiger partial charge in [-0.15, -0.1) is 0 Å². The van der Waals surface area contributed by atoms with Crippen LogP contribution in [-0.4, -0.2) is 32.8 Å². The quantitative estimate of drug-likeness (QED) is 0.640. The number of fused-ring (bicyclic) bond motifs is 1. The number of tetrazole rings is 1. The van der Waals surface area contributed by atoms with Gasteiger partial charge < -0.3 is 10.1 Å². The highest BCUT2D eigenvalue weighted by molar-refractivity contribution is 5.92. The van der Waals surface area contributed by atoms with Crippen molar-refractivity contribution in [1.82, 2.24) is 20.2 Å². The maximum absolute atomic E-state index is 14.4. The lowest BCUT2D eigenvalue weighted by atomic mass is 9.95. The van der Waals surface area contributed by atoms with Gasteiger partial charge >= 0.3 is 5.97 Å². The Kier molecular flexibility index (Phi) is 5.06. The molecule has 0 spiro atoms. The fourth-order valence-electron chi connectivity index (χ4n) is 2.86. The Hall–Kier alpha value is -2.77. The third-order valence-electron chi connectivity index (χ3n) is 4.11. The molecule has 1 N–H and O–H groups in total. The number of rotatable bonds is 6. The zero-order chi connectivity index (χ0) is 17.8. The number of esters is 1. The van der Waals surface area contributed by atoms with Gasteiger partial charge in [0.05, 0.1) is 12.2 Å². The SMILES string of the molecule is CCCCCOC(=O)C1=C(C)Nc2nnnn2[C@@H]1c1ccccc1F. The van der Waals surface area contributed by atoms with E-state index < -0.39 is 17.8 Å². The van der Waals surface area contributed by atoms with E-state index in [0.717, 1.165) is 19.3 Å². The molecule has 2 heterocycles. The number of carbonyl (C=O) groups is 1. The van der Waals surface area contributed by atoms with Crippen molar-refractivity contribution in [3.8, 4) is 0 Å². The van der Waals surface area contributed by atoms with E-state index in [2.05, 4.69) is 27.8 Å². The van der Waals surface area contributed by atoms with Gasteiger partial charge in [0.1, 0.15) is 11.9 Å². The Labute approximate surface area is 144 Å². The second-order valence-corrected chi connectivity index (χ2v) is 5.88. The van der Waals surface area contributed by atoms with Crippen LogP contribution in [0.15, 0.2) is 35.5 Å². The number of allylic oxidation sites excluding steroid dienone is 1. The molecule has 0 radical (unpaired) electrons. The summed E-state index contributed by atoms with van der Waals surface area (Å²) in [7, 11) is 0.